The molecular weight excluding hydrogens is 263 g/mol. The molecule has 1 amide bonds. The van der Waals surface area contributed by atoms with E-state index in [0.717, 1.165) is 6.07 Å². The molecule has 20 heavy (non-hydrogen) atoms. The number of carbonyl (C=O) groups is 1. The van der Waals surface area contributed by atoms with E-state index < -0.39 is 5.82 Å². The second-order valence-corrected chi connectivity index (χ2v) is 4.47. The molecule has 0 bridgehead atoms. The maximum absolute atomic E-state index is 12.9. The van der Waals surface area contributed by atoms with E-state index in [1.807, 2.05) is 6.92 Å². The van der Waals surface area contributed by atoms with Crippen molar-refractivity contribution < 1.29 is 19.0 Å². The molecule has 1 aromatic rings. The summed E-state index contributed by atoms with van der Waals surface area (Å²) in [5.74, 6) is -0.629. The molecule has 1 aromatic carbocycles. The lowest BCUT2D eigenvalue weighted by Gasteiger charge is -2.15. The SMILES string of the molecule is COCCNC(=O)CCNC(C)c1ccc(F)cc1O. The van der Waals surface area contributed by atoms with Gasteiger partial charge in [0.05, 0.1) is 6.61 Å². The largest absolute Gasteiger partial charge is 0.508 e. The van der Waals surface area contributed by atoms with Crippen molar-refractivity contribution in [3.05, 3.63) is 29.6 Å². The highest BCUT2D eigenvalue weighted by molar-refractivity contribution is 5.76. The molecule has 0 fully saturated rings. The highest BCUT2D eigenvalue weighted by Crippen LogP contribution is 2.24. The fraction of sp³-hybridized carbons (Fsp3) is 0.500. The molecule has 0 aromatic heterocycles. The molecule has 0 saturated heterocycles. The third-order valence-corrected chi connectivity index (χ3v) is 2.89. The maximum atomic E-state index is 12.9. The molecule has 3 N–H and O–H groups in total. The number of aromatic hydroxyl groups is 1. The molecular formula is C14H21FN2O3. The topological polar surface area (TPSA) is 70.6 Å². The highest BCUT2D eigenvalue weighted by atomic mass is 19.1. The van der Waals surface area contributed by atoms with Crippen molar-refractivity contribution in [3.63, 3.8) is 0 Å². The quantitative estimate of drug-likeness (QED) is 0.630. The average molecular weight is 284 g/mol. The van der Waals surface area contributed by atoms with Crippen LogP contribution < -0.4 is 10.6 Å². The zero-order valence-corrected chi connectivity index (χ0v) is 11.8. The van der Waals surface area contributed by atoms with Gasteiger partial charge in [-0.15, -0.1) is 0 Å². The second kappa shape index (κ2) is 8.50. The highest BCUT2D eigenvalue weighted by Gasteiger charge is 2.11. The summed E-state index contributed by atoms with van der Waals surface area (Å²) in [6.45, 7) is 3.29. The Kier molecular flexibility index (Phi) is 6.97. The normalized spacial score (nSPS) is 12.2. The third kappa shape index (κ3) is 5.54. The van der Waals surface area contributed by atoms with E-state index in [1.54, 1.807) is 7.11 Å². The molecule has 0 saturated carbocycles. The molecule has 0 heterocycles. The molecule has 1 unspecified atom stereocenters. The van der Waals surface area contributed by atoms with Gasteiger partial charge in [0.15, 0.2) is 0 Å². The molecule has 0 aliphatic heterocycles. The number of phenolic OH excluding ortho intramolecular Hbond substituents is 1. The van der Waals surface area contributed by atoms with Crippen molar-refractivity contribution >= 4 is 5.91 Å². The van der Waals surface area contributed by atoms with Crippen LogP contribution in [0.2, 0.25) is 0 Å². The van der Waals surface area contributed by atoms with E-state index in [4.69, 9.17) is 4.74 Å². The van der Waals surface area contributed by atoms with Crippen LogP contribution in [0.3, 0.4) is 0 Å². The summed E-state index contributed by atoms with van der Waals surface area (Å²) >= 11 is 0. The van der Waals surface area contributed by atoms with Gasteiger partial charge >= 0.3 is 0 Å². The van der Waals surface area contributed by atoms with E-state index in [9.17, 15) is 14.3 Å². The zero-order chi connectivity index (χ0) is 15.0. The van der Waals surface area contributed by atoms with Gasteiger partial charge < -0.3 is 20.5 Å². The number of rotatable bonds is 8. The van der Waals surface area contributed by atoms with E-state index in [2.05, 4.69) is 10.6 Å². The molecule has 0 aliphatic rings. The summed E-state index contributed by atoms with van der Waals surface area (Å²) in [5.41, 5.74) is 0.603. The number of hydrogen-bond donors (Lipinski definition) is 3. The Morgan fingerprint density at radius 3 is 2.85 bits per heavy atom. The first-order valence-electron chi connectivity index (χ1n) is 6.52. The summed E-state index contributed by atoms with van der Waals surface area (Å²) < 4.78 is 17.7. The lowest BCUT2D eigenvalue weighted by Crippen LogP contribution is -2.30. The molecule has 1 atom stereocenters. The molecule has 0 spiro atoms. The van der Waals surface area contributed by atoms with Gasteiger partial charge in [-0.25, -0.2) is 4.39 Å². The van der Waals surface area contributed by atoms with Crippen LogP contribution in [-0.2, 0) is 9.53 Å². The number of methoxy groups -OCH3 is 1. The molecule has 6 heteroatoms. The standard InChI is InChI=1S/C14H21FN2O3/c1-10(12-4-3-11(15)9-13(12)18)16-6-5-14(19)17-7-8-20-2/h3-4,9-10,16,18H,5-8H2,1-2H3,(H,17,19). The van der Waals surface area contributed by atoms with Crippen molar-refractivity contribution in [1.29, 1.82) is 0 Å². The van der Waals surface area contributed by atoms with Crippen LogP contribution >= 0.6 is 0 Å². The first-order chi connectivity index (χ1) is 9.54. The summed E-state index contributed by atoms with van der Waals surface area (Å²) in [5, 5.41) is 15.5. The monoisotopic (exact) mass is 284 g/mol. The van der Waals surface area contributed by atoms with Gasteiger partial charge in [0.2, 0.25) is 5.91 Å². The Balaban J connectivity index is 2.32. The number of hydrogen-bond acceptors (Lipinski definition) is 4. The van der Waals surface area contributed by atoms with Gasteiger partial charge in [-0.3, -0.25) is 4.79 Å². The smallest absolute Gasteiger partial charge is 0.221 e. The van der Waals surface area contributed by atoms with Crippen molar-refractivity contribution in [2.24, 2.45) is 0 Å². The fourth-order valence-corrected chi connectivity index (χ4v) is 1.78. The Labute approximate surface area is 118 Å². The van der Waals surface area contributed by atoms with Crippen molar-refractivity contribution in [1.82, 2.24) is 10.6 Å². The van der Waals surface area contributed by atoms with Crippen LogP contribution in [0.25, 0.3) is 0 Å². The van der Waals surface area contributed by atoms with Crippen LogP contribution in [0.4, 0.5) is 4.39 Å². The van der Waals surface area contributed by atoms with Crippen LogP contribution in [0, 0.1) is 5.82 Å². The molecule has 112 valence electrons. The second-order valence-electron chi connectivity index (χ2n) is 4.47. The number of ether oxygens (including phenoxy) is 1. The van der Waals surface area contributed by atoms with Crippen LogP contribution in [0.5, 0.6) is 5.75 Å². The summed E-state index contributed by atoms with van der Waals surface area (Å²) in [7, 11) is 1.57. The third-order valence-electron chi connectivity index (χ3n) is 2.89. The van der Waals surface area contributed by atoms with E-state index in [1.165, 1.54) is 12.1 Å². The first kappa shape index (κ1) is 16.4. The molecule has 5 nitrogen and oxygen atoms in total. The predicted octanol–water partition coefficient (Wildman–Crippen LogP) is 1.33. The van der Waals surface area contributed by atoms with Gasteiger partial charge in [0, 0.05) is 44.3 Å². The summed E-state index contributed by atoms with van der Waals surface area (Å²) in [6.07, 6.45) is 0.329. The number of amides is 1. The minimum Gasteiger partial charge on any atom is -0.508 e. The van der Waals surface area contributed by atoms with Gasteiger partial charge in [0.25, 0.3) is 0 Å². The Hall–Kier alpha value is -1.66. The number of benzene rings is 1. The number of halogens is 1. The predicted molar refractivity (Wildman–Crippen MR) is 74.0 cm³/mol. The molecule has 1 rings (SSSR count). The van der Waals surface area contributed by atoms with Crippen molar-refractivity contribution in [2.45, 2.75) is 19.4 Å². The summed E-state index contributed by atoms with van der Waals surface area (Å²) in [6, 6.07) is 3.73. The number of carbonyl (C=O) groups excluding carboxylic acids is 1. The fourth-order valence-electron chi connectivity index (χ4n) is 1.78. The lowest BCUT2D eigenvalue weighted by molar-refractivity contribution is -0.121. The van der Waals surface area contributed by atoms with Gasteiger partial charge in [-0.2, -0.15) is 0 Å². The Morgan fingerprint density at radius 2 is 2.20 bits per heavy atom. The number of phenols is 1. The minimum atomic E-state index is -0.476. The average Bonchev–Trinajstić information content (AvgIpc) is 2.38. The van der Waals surface area contributed by atoms with Crippen LogP contribution in [0.15, 0.2) is 18.2 Å². The molecule has 0 aliphatic carbocycles. The van der Waals surface area contributed by atoms with E-state index in [0.29, 0.717) is 31.7 Å². The zero-order valence-electron chi connectivity index (χ0n) is 11.8. The van der Waals surface area contributed by atoms with Gasteiger partial charge in [0.1, 0.15) is 11.6 Å². The van der Waals surface area contributed by atoms with Crippen molar-refractivity contribution in [3.8, 4) is 5.75 Å². The number of nitrogens with one attached hydrogen (secondary N) is 2. The van der Waals surface area contributed by atoms with Crippen molar-refractivity contribution in [2.75, 3.05) is 26.8 Å². The van der Waals surface area contributed by atoms with Crippen LogP contribution in [-0.4, -0.2) is 37.8 Å². The Bertz CT molecular complexity index is 440. The lowest BCUT2D eigenvalue weighted by atomic mass is 10.1. The molecule has 0 radical (unpaired) electrons. The van der Waals surface area contributed by atoms with Crippen LogP contribution in [0.1, 0.15) is 24.9 Å². The first-order valence-corrected chi connectivity index (χ1v) is 6.52. The summed E-state index contributed by atoms with van der Waals surface area (Å²) in [4.78, 5) is 11.4. The Morgan fingerprint density at radius 1 is 1.45 bits per heavy atom. The van der Waals surface area contributed by atoms with E-state index >= 15 is 0 Å². The van der Waals surface area contributed by atoms with Gasteiger partial charge in [-0.1, -0.05) is 6.07 Å². The van der Waals surface area contributed by atoms with E-state index in [-0.39, 0.29) is 17.7 Å². The maximum Gasteiger partial charge on any atom is 0.221 e. The minimum absolute atomic E-state index is 0.0647. The van der Waals surface area contributed by atoms with Gasteiger partial charge in [-0.05, 0) is 13.0 Å².